The average Bonchev–Trinajstić information content (AvgIpc) is 3.21. The molecule has 1 aliphatic heterocycles. The van der Waals surface area contributed by atoms with Crippen molar-refractivity contribution in [3.63, 3.8) is 0 Å². The molecule has 0 radical (unpaired) electrons. The second-order valence-electron chi connectivity index (χ2n) is 7.62. The van der Waals surface area contributed by atoms with Crippen LogP contribution in [-0.2, 0) is 4.79 Å². The molecule has 0 N–H and O–H groups in total. The van der Waals surface area contributed by atoms with E-state index in [2.05, 4.69) is 4.99 Å². The highest BCUT2D eigenvalue weighted by atomic mass is 16.2. The Labute approximate surface area is 192 Å². The van der Waals surface area contributed by atoms with E-state index in [1.807, 2.05) is 78.9 Å². The maximum absolute atomic E-state index is 13.4. The lowest BCUT2D eigenvalue weighted by molar-refractivity contribution is -0.113. The van der Waals surface area contributed by atoms with Crippen LogP contribution in [0.2, 0.25) is 0 Å². The third-order valence-corrected chi connectivity index (χ3v) is 5.42. The average molecular weight is 428 g/mol. The molecule has 4 nitrogen and oxygen atoms in total. The predicted octanol–water partition coefficient (Wildman–Crippen LogP) is 5.75. The highest BCUT2D eigenvalue weighted by Gasteiger charge is 2.32. The van der Waals surface area contributed by atoms with E-state index >= 15 is 0 Å². The summed E-state index contributed by atoms with van der Waals surface area (Å²) in [5.74, 6) is 0.293. The number of amides is 1. The monoisotopic (exact) mass is 428 g/mol. The maximum Gasteiger partial charge on any atom is 0.282 e. The third kappa shape index (κ3) is 4.14. The van der Waals surface area contributed by atoms with Gasteiger partial charge in [0.1, 0.15) is 11.5 Å². The van der Waals surface area contributed by atoms with Crippen LogP contribution in [0.3, 0.4) is 0 Å². The van der Waals surface area contributed by atoms with Gasteiger partial charge in [0.05, 0.1) is 5.69 Å². The summed E-state index contributed by atoms with van der Waals surface area (Å²) in [6.07, 6.45) is 1.79. The molecule has 158 valence electrons. The van der Waals surface area contributed by atoms with E-state index in [0.717, 1.165) is 11.1 Å². The highest BCUT2D eigenvalue weighted by molar-refractivity contribution is 6.33. The Bertz CT molecular complexity index is 1360. The third-order valence-electron chi connectivity index (χ3n) is 5.42. The van der Waals surface area contributed by atoms with Gasteiger partial charge in [0.2, 0.25) is 0 Å². The van der Waals surface area contributed by atoms with Crippen LogP contribution in [0, 0.1) is 0 Å². The zero-order valence-electron chi connectivity index (χ0n) is 17.8. The summed E-state index contributed by atoms with van der Waals surface area (Å²) < 4.78 is 0. The van der Waals surface area contributed by atoms with Crippen molar-refractivity contribution >= 4 is 29.3 Å². The first-order chi connectivity index (χ1) is 16.2. The number of anilines is 1. The van der Waals surface area contributed by atoms with Crippen LogP contribution in [0.5, 0.6) is 0 Å². The van der Waals surface area contributed by atoms with Gasteiger partial charge in [-0.1, -0.05) is 91.0 Å². The number of rotatable bonds is 5. The fourth-order valence-electron chi connectivity index (χ4n) is 3.76. The number of ketones is 1. The molecular formula is C29H20N2O2. The van der Waals surface area contributed by atoms with Gasteiger partial charge < -0.3 is 0 Å². The molecule has 4 heteroatoms. The first-order valence-electron chi connectivity index (χ1n) is 10.7. The van der Waals surface area contributed by atoms with Crippen molar-refractivity contribution in [2.45, 2.75) is 0 Å². The minimum atomic E-state index is -0.208. The number of nitrogens with zero attached hydrogens (tertiary/aromatic N) is 2. The van der Waals surface area contributed by atoms with Crippen LogP contribution < -0.4 is 4.90 Å². The molecule has 0 spiro atoms. The van der Waals surface area contributed by atoms with E-state index in [1.54, 1.807) is 47.4 Å². The molecule has 0 aliphatic carbocycles. The first kappa shape index (κ1) is 20.3. The largest absolute Gasteiger partial charge is 0.289 e. The van der Waals surface area contributed by atoms with E-state index in [1.165, 1.54) is 0 Å². The summed E-state index contributed by atoms with van der Waals surface area (Å²) >= 11 is 0. The van der Waals surface area contributed by atoms with Crippen LogP contribution in [0.4, 0.5) is 5.69 Å². The van der Waals surface area contributed by atoms with Crippen LogP contribution in [0.25, 0.3) is 6.08 Å². The molecule has 0 fully saturated rings. The number of hydrogen-bond donors (Lipinski definition) is 0. The van der Waals surface area contributed by atoms with Crippen LogP contribution >= 0.6 is 0 Å². The molecule has 1 amide bonds. The van der Waals surface area contributed by atoms with E-state index in [0.29, 0.717) is 28.3 Å². The van der Waals surface area contributed by atoms with Crippen LogP contribution in [0.15, 0.2) is 126 Å². The molecule has 33 heavy (non-hydrogen) atoms. The van der Waals surface area contributed by atoms with Crippen molar-refractivity contribution in [2.75, 3.05) is 4.90 Å². The van der Waals surface area contributed by atoms with Gasteiger partial charge in [-0.25, -0.2) is 4.99 Å². The number of carbonyl (C=O) groups is 2. The highest BCUT2D eigenvalue weighted by Crippen LogP contribution is 2.28. The number of carbonyl (C=O) groups excluding carboxylic acids is 2. The summed E-state index contributed by atoms with van der Waals surface area (Å²) in [6.45, 7) is 0. The lowest BCUT2D eigenvalue weighted by Gasteiger charge is -2.19. The van der Waals surface area contributed by atoms with Crippen molar-refractivity contribution in [2.24, 2.45) is 4.99 Å². The van der Waals surface area contributed by atoms with Crippen molar-refractivity contribution in [3.8, 4) is 0 Å². The van der Waals surface area contributed by atoms with Gasteiger partial charge in [0.25, 0.3) is 5.91 Å². The molecule has 0 bridgehead atoms. The lowest BCUT2D eigenvalue weighted by Crippen LogP contribution is -2.32. The second-order valence-corrected chi connectivity index (χ2v) is 7.62. The molecule has 0 saturated carbocycles. The number of amidine groups is 1. The minimum absolute atomic E-state index is 0.0588. The van der Waals surface area contributed by atoms with Gasteiger partial charge in [0.15, 0.2) is 5.78 Å². The number of benzene rings is 4. The van der Waals surface area contributed by atoms with Crippen LogP contribution in [0.1, 0.15) is 27.0 Å². The van der Waals surface area contributed by atoms with Gasteiger partial charge in [-0.2, -0.15) is 0 Å². The number of hydrogen-bond acceptors (Lipinski definition) is 3. The first-order valence-corrected chi connectivity index (χ1v) is 10.7. The normalized spacial score (nSPS) is 14.4. The van der Waals surface area contributed by atoms with Gasteiger partial charge in [-0.15, -0.1) is 0 Å². The van der Waals surface area contributed by atoms with E-state index in [4.69, 9.17) is 0 Å². The summed E-state index contributed by atoms with van der Waals surface area (Å²) in [4.78, 5) is 32.5. The van der Waals surface area contributed by atoms with Gasteiger partial charge >= 0.3 is 0 Å². The van der Waals surface area contributed by atoms with Crippen molar-refractivity contribution in [3.05, 3.63) is 143 Å². The van der Waals surface area contributed by atoms with Gasteiger partial charge in [-0.05, 0) is 35.9 Å². The molecule has 0 aromatic heterocycles. The Morgan fingerprint density at radius 1 is 0.667 bits per heavy atom. The van der Waals surface area contributed by atoms with Crippen LogP contribution in [-0.4, -0.2) is 17.5 Å². The molecule has 0 atom stereocenters. The zero-order valence-corrected chi connectivity index (χ0v) is 17.8. The van der Waals surface area contributed by atoms with Crippen molar-refractivity contribution < 1.29 is 9.59 Å². The molecule has 1 aliphatic rings. The van der Waals surface area contributed by atoms with Gasteiger partial charge in [0, 0.05) is 16.7 Å². The molecule has 0 saturated heterocycles. The van der Waals surface area contributed by atoms with Crippen molar-refractivity contribution in [1.29, 1.82) is 0 Å². The molecule has 1 heterocycles. The second kappa shape index (κ2) is 8.89. The fourth-order valence-corrected chi connectivity index (χ4v) is 3.76. The Kier molecular flexibility index (Phi) is 5.48. The summed E-state index contributed by atoms with van der Waals surface area (Å²) in [7, 11) is 0. The number of aliphatic imine (C=N–C) groups is 1. The Morgan fingerprint density at radius 3 is 1.85 bits per heavy atom. The molecule has 4 aromatic rings. The lowest BCUT2D eigenvalue weighted by atomic mass is 10.0. The summed E-state index contributed by atoms with van der Waals surface area (Å²) in [6, 6.07) is 35.5. The molecule has 5 rings (SSSR count). The molecular weight excluding hydrogens is 408 g/mol. The Balaban J connectivity index is 1.52. The predicted molar refractivity (Wildman–Crippen MR) is 131 cm³/mol. The van der Waals surface area contributed by atoms with Gasteiger partial charge in [-0.3, -0.25) is 14.5 Å². The SMILES string of the molecule is O=C(c1ccccc1)c1ccc(N2C(=O)/C(=C/c3ccccc3)N=C2c2ccccc2)cc1. The van der Waals surface area contributed by atoms with E-state index in [-0.39, 0.29) is 11.7 Å². The standard InChI is InChI=1S/C29H20N2O2/c32-27(22-12-6-2-7-13-22)23-16-18-25(19-17-23)31-28(24-14-8-3-9-15-24)30-26(29(31)33)20-21-10-4-1-5-11-21/h1-20H/b26-20-. The summed E-state index contributed by atoms with van der Waals surface area (Å²) in [5.41, 5.74) is 3.96. The Morgan fingerprint density at radius 2 is 1.21 bits per heavy atom. The topological polar surface area (TPSA) is 49.7 Å². The summed E-state index contributed by atoms with van der Waals surface area (Å²) in [5, 5.41) is 0. The Hall–Kier alpha value is -4.57. The minimum Gasteiger partial charge on any atom is -0.289 e. The quantitative estimate of drug-likeness (QED) is 0.300. The smallest absolute Gasteiger partial charge is 0.282 e. The van der Waals surface area contributed by atoms with Crippen molar-refractivity contribution in [1.82, 2.24) is 0 Å². The zero-order chi connectivity index (χ0) is 22.6. The molecule has 4 aromatic carbocycles. The van der Waals surface area contributed by atoms with E-state index < -0.39 is 0 Å². The molecule has 0 unspecified atom stereocenters. The van der Waals surface area contributed by atoms with E-state index in [9.17, 15) is 9.59 Å². The maximum atomic E-state index is 13.4. The fraction of sp³-hybridized carbons (Fsp3) is 0.